The number of carbonyl (C=O) groups excluding carboxylic acids is 3. The van der Waals surface area contributed by atoms with E-state index < -0.39 is 29.2 Å². The van der Waals surface area contributed by atoms with Gasteiger partial charge in [0.25, 0.3) is 0 Å². The van der Waals surface area contributed by atoms with E-state index in [0.717, 1.165) is 16.9 Å². The Balaban J connectivity index is 1.51. The van der Waals surface area contributed by atoms with Gasteiger partial charge in [-0.15, -0.1) is 0 Å². The normalized spacial score (nSPS) is 19.8. The zero-order chi connectivity index (χ0) is 30.0. The third-order valence-electron chi connectivity index (χ3n) is 8.35. The van der Waals surface area contributed by atoms with Crippen molar-refractivity contribution in [2.24, 2.45) is 17.4 Å². The number of hydrogen-bond acceptors (Lipinski definition) is 4. The third-order valence-corrected chi connectivity index (χ3v) is 9.15. The molecule has 4 N–H and O–H groups in total. The molecule has 5 rings (SSSR count). The first-order valence-electron chi connectivity index (χ1n) is 13.8. The Kier molecular flexibility index (Phi) is 8.83. The van der Waals surface area contributed by atoms with Crippen molar-refractivity contribution in [2.75, 3.05) is 18.0 Å². The molecule has 3 aromatic carbocycles. The van der Waals surface area contributed by atoms with Gasteiger partial charge in [-0.1, -0.05) is 65.1 Å². The molecule has 42 heavy (non-hydrogen) atoms. The van der Waals surface area contributed by atoms with Gasteiger partial charge in [-0.3, -0.25) is 14.4 Å². The lowest BCUT2D eigenvalue weighted by Gasteiger charge is -2.41. The molecule has 0 saturated carbocycles. The topological polar surface area (TPSA) is 110 Å². The Morgan fingerprint density at radius 1 is 0.857 bits per heavy atom. The summed E-state index contributed by atoms with van der Waals surface area (Å²) in [5.74, 6) is -1.56. The van der Waals surface area contributed by atoms with Crippen molar-refractivity contribution >= 4 is 63.9 Å². The monoisotopic (exact) mass is 624 g/mol. The van der Waals surface area contributed by atoms with Crippen molar-refractivity contribution in [1.29, 1.82) is 0 Å². The molecule has 10 heteroatoms. The highest BCUT2D eigenvalue weighted by atomic mass is 35.5. The van der Waals surface area contributed by atoms with E-state index in [1.54, 1.807) is 29.2 Å². The second-order valence-corrected chi connectivity index (χ2v) is 12.0. The number of primary amides is 2. The number of nitrogens with zero attached hydrogens (tertiary/aromatic N) is 2. The minimum Gasteiger partial charge on any atom is -0.370 e. The van der Waals surface area contributed by atoms with Gasteiger partial charge in [-0.2, -0.15) is 0 Å². The number of hydrogen-bond donors (Lipinski definition) is 2. The number of likely N-dealkylation sites (tertiary alicyclic amines) is 1. The molecule has 0 aliphatic carbocycles. The first kappa shape index (κ1) is 30.0. The number of anilines is 1. The number of nitrogens with two attached hydrogens (primary N) is 2. The summed E-state index contributed by atoms with van der Waals surface area (Å²) in [6.45, 7) is 0.725. The van der Waals surface area contributed by atoms with E-state index in [2.05, 4.69) is 0 Å². The van der Waals surface area contributed by atoms with Crippen LogP contribution in [0.2, 0.25) is 15.1 Å². The minimum atomic E-state index is -0.841. The summed E-state index contributed by atoms with van der Waals surface area (Å²) in [6, 6.07) is 21.6. The molecule has 218 valence electrons. The molecule has 3 aromatic rings. The number of piperidine rings is 1. The largest absolute Gasteiger partial charge is 0.370 e. The van der Waals surface area contributed by atoms with Crippen molar-refractivity contribution in [3.05, 3.63) is 105 Å². The molecule has 2 aliphatic rings. The smallest absolute Gasteiger partial charge is 0.231 e. The first-order valence-corrected chi connectivity index (χ1v) is 14.9. The fourth-order valence-electron chi connectivity index (χ4n) is 6.14. The van der Waals surface area contributed by atoms with Gasteiger partial charge in [-0.05, 0) is 73.4 Å². The highest BCUT2D eigenvalue weighted by Gasteiger charge is 2.46. The maximum atomic E-state index is 14.3. The molecular formula is C32H31Cl3N4O3. The zero-order valence-electron chi connectivity index (χ0n) is 22.8. The highest BCUT2D eigenvalue weighted by Crippen LogP contribution is 2.44. The molecule has 2 unspecified atom stereocenters. The predicted molar refractivity (Wildman–Crippen MR) is 167 cm³/mol. The Morgan fingerprint density at radius 2 is 1.50 bits per heavy atom. The number of amides is 3. The average molecular weight is 626 g/mol. The molecule has 0 aromatic heterocycles. The molecule has 2 aliphatic heterocycles. The van der Waals surface area contributed by atoms with E-state index >= 15 is 0 Å². The van der Waals surface area contributed by atoms with Crippen LogP contribution in [0.1, 0.15) is 36.8 Å². The highest BCUT2D eigenvalue weighted by molar-refractivity contribution is 6.36. The van der Waals surface area contributed by atoms with Crippen LogP contribution in [0.5, 0.6) is 0 Å². The van der Waals surface area contributed by atoms with Crippen molar-refractivity contribution in [1.82, 2.24) is 4.90 Å². The van der Waals surface area contributed by atoms with Crippen LogP contribution in [0.15, 0.2) is 78.9 Å². The zero-order valence-corrected chi connectivity index (χ0v) is 25.1. The SMILES string of the molecule is NC(=O)CCC1C(C(=O)N2CCC(C(N)=O)(c3ccccc3)CC2)C=C(c2ccc(Cl)cc2Cl)N1c1ccc(Cl)cc1. The van der Waals surface area contributed by atoms with Gasteiger partial charge in [0.1, 0.15) is 0 Å². The minimum absolute atomic E-state index is 0.0901. The summed E-state index contributed by atoms with van der Waals surface area (Å²) >= 11 is 19.1. The molecule has 2 heterocycles. The van der Waals surface area contributed by atoms with Crippen LogP contribution >= 0.6 is 34.8 Å². The number of halogens is 3. The van der Waals surface area contributed by atoms with Gasteiger partial charge >= 0.3 is 0 Å². The molecule has 3 amide bonds. The van der Waals surface area contributed by atoms with Gasteiger partial charge in [0, 0.05) is 52.5 Å². The molecule has 0 spiro atoms. The maximum Gasteiger partial charge on any atom is 0.231 e. The molecule has 1 saturated heterocycles. The summed E-state index contributed by atoms with van der Waals surface area (Å²) in [7, 11) is 0. The van der Waals surface area contributed by atoms with Gasteiger partial charge in [-0.25, -0.2) is 0 Å². The van der Waals surface area contributed by atoms with Crippen molar-refractivity contribution in [3.63, 3.8) is 0 Å². The van der Waals surface area contributed by atoms with Crippen LogP contribution in [-0.4, -0.2) is 41.8 Å². The van der Waals surface area contributed by atoms with Crippen LogP contribution in [0.25, 0.3) is 5.70 Å². The molecule has 0 bridgehead atoms. The van der Waals surface area contributed by atoms with Gasteiger partial charge in [0.05, 0.1) is 16.4 Å². The van der Waals surface area contributed by atoms with Crippen LogP contribution in [-0.2, 0) is 19.8 Å². The van der Waals surface area contributed by atoms with Crippen LogP contribution < -0.4 is 16.4 Å². The van der Waals surface area contributed by atoms with Crippen LogP contribution in [0.3, 0.4) is 0 Å². The first-order chi connectivity index (χ1) is 20.1. The predicted octanol–water partition coefficient (Wildman–Crippen LogP) is 5.80. The van der Waals surface area contributed by atoms with E-state index in [0.29, 0.717) is 53.0 Å². The van der Waals surface area contributed by atoms with Crippen molar-refractivity contribution in [2.45, 2.75) is 37.1 Å². The summed E-state index contributed by atoms with van der Waals surface area (Å²) in [6.07, 6.45) is 3.16. The van der Waals surface area contributed by atoms with Crippen molar-refractivity contribution < 1.29 is 14.4 Å². The molecule has 1 fully saturated rings. The summed E-state index contributed by atoms with van der Waals surface area (Å²) in [5, 5.41) is 1.49. The molecular weight excluding hydrogens is 595 g/mol. The van der Waals surface area contributed by atoms with Gasteiger partial charge < -0.3 is 21.3 Å². The lowest BCUT2D eigenvalue weighted by atomic mass is 9.72. The molecule has 7 nitrogen and oxygen atoms in total. The Hall–Kier alpha value is -3.52. The lowest BCUT2D eigenvalue weighted by Crippen LogP contribution is -2.53. The summed E-state index contributed by atoms with van der Waals surface area (Å²) in [4.78, 5) is 42.7. The van der Waals surface area contributed by atoms with E-state index in [4.69, 9.17) is 46.3 Å². The lowest BCUT2D eigenvalue weighted by molar-refractivity contribution is -0.138. The third kappa shape index (κ3) is 5.87. The van der Waals surface area contributed by atoms with Crippen LogP contribution in [0, 0.1) is 5.92 Å². The van der Waals surface area contributed by atoms with Gasteiger partial charge in [0.15, 0.2) is 0 Å². The maximum absolute atomic E-state index is 14.3. The molecule has 2 atom stereocenters. The fourth-order valence-corrected chi connectivity index (χ4v) is 6.77. The average Bonchev–Trinajstić information content (AvgIpc) is 3.35. The van der Waals surface area contributed by atoms with Gasteiger partial charge in [0.2, 0.25) is 17.7 Å². The Morgan fingerprint density at radius 3 is 2.10 bits per heavy atom. The number of carbonyl (C=O) groups is 3. The number of rotatable bonds is 8. The standard InChI is InChI=1S/C32H31Cl3N4O3/c33-21-6-9-23(10-7-21)39-27(12-13-29(36)40)25(19-28(39)24-11-8-22(34)18-26(24)35)30(41)38-16-14-32(15-17-38,31(37)42)20-4-2-1-3-5-20/h1-11,18-19,25,27H,12-17H2,(H2,36,40)(H2,37,42). The Bertz CT molecular complexity index is 1520. The summed E-state index contributed by atoms with van der Waals surface area (Å²) in [5.41, 5.74) is 13.7. The Labute approximate surface area is 260 Å². The van der Waals surface area contributed by atoms with E-state index in [1.165, 1.54) is 0 Å². The molecule has 0 radical (unpaired) electrons. The quantitative estimate of drug-likeness (QED) is 0.330. The second kappa shape index (κ2) is 12.4. The second-order valence-electron chi connectivity index (χ2n) is 10.8. The fraction of sp³-hybridized carbons (Fsp3) is 0.281. The van der Waals surface area contributed by atoms with E-state index in [9.17, 15) is 14.4 Å². The van der Waals surface area contributed by atoms with E-state index in [1.807, 2.05) is 59.5 Å². The van der Waals surface area contributed by atoms with E-state index in [-0.39, 0.29) is 12.3 Å². The van der Waals surface area contributed by atoms with Crippen LogP contribution in [0.4, 0.5) is 5.69 Å². The summed E-state index contributed by atoms with van der Waals surface area (Å²) < 4.78 is 0. The number of benzene rings is 3. The van der Waals surface area contributed by atoms with Crippen molar-refractivity contribution in [3.8, 4) is 0 Å².